The van der Waals surface area contributed by atoms with Crippen molar-refractivity contribution in [2.24, 2.45) is 0 Å². The summed E-state index contributed by atoms with van der Waals surface area (Å²) in [4.78, 5) is 12.1. The number of nitrogens with one attached hydrogen (secondary N) is 2. The van der Waals surface area contributed by atoms with Crippen LogP contribution < -0.4 is 10.6 Å². The van der Waals surface area contributed by atoms with Gasteiger partial charge in [0.15, 0.2) is 0 Å². The Hall–Kier alpha value is -0.480. The van der Waals surface area contributed by atoms with E-state index < -0.39 is 0 Å². The number of halogens is 3. The molecule has 106 valence electrons. The molecule has 2 atom stereocenters. The molecule has 0 spiro atoms. The monoisotopic (exact) mass is 322 g/mol. The van der Waals surface area contributed by atoms with Gasteiger partial charge in [-0.3, -0.25) is 4.79 Å². The van der Waals surface area contributed by atoms with Crippen LogP contribution in [-0.2, 0) is 0 Å². The highest BCUT2D eigenvalue weighted by Crippen LogP contribution is 2.19. The van der Waals surface area contributed by atoms with Gasteiger partial charge in [-0.2, -0.15) is 0 Å². The van der Waals surface area contributed by atoms with E-state index in [4.69, 9.17) is 23.2 Å². The molecule has 2 unspecified atom stereocenters. The molecule has 0 aliphatic carbocycles. The Kier molecular flexibility index (Phi) is 6.40. The number of benzene rings is 1. The average molecular weight is 324 g/mol. The second kappa shape index (κ2) is 7.34. The van der Waals surface area contributed by atoms with Gasteiger partial charge in [0.1, 0.15) is 0 Å². The van der Waals surface area contributed by atoms with Gasteiger partial charge < -0.3 is 10.6 Å². The first-order valence-corrected chi connectivity index (χ1v) is 6.80. The average Bonchev–Trinajstić information content (AvgIpc) is 2.27. The topological polar surface area (TPSA) is 41.1 Å². The van der Waals surface area contributed by atoms with Crippen molar-refractivity contribution in [1.29, 1.82) is 0 Å². The first-order valence-electron chi connectivity index (χ1n) is 6.05. The Bertz CT molecular complexity index is 433. The molecule has 19 heavy (non-hydrogen) atoms. The van der Waals surface area contributed by atoms with Crippen molar-refractivity contribution >= 4 is 41.5 Å². The second-order valence-electron chi connectivity index (χ2n) is 4.71. The van der Waals surface area contributed by atoms with Gasteiger partial charge in [-0.05, 0) is 44.5 Å². The third kappa shape index (κ3) is 4.84. The van der Waals surface area contributed by atoms with Crippen LogP contribution >= 0.6 is 35.6 Å². The van der Waals surface area contributed by atoms with E-state index in [2.05, 4.69) is 17.6 Å². The lowest BCUT2D eigenvalue weighted by atomic mass is 10.0. The maximum atomic E-state index is 12.1. The van der Waals surface area contributed by atoms with Crippen molar-refractivity contribution in [2.45, 2.75) is 31.8 Å². The molecule has 1 aromatic rings. The van der Waals surface area contributed by atoms with Gasteiger partial charge >= 0.3 is 0 Å². The first kappa shape index (κ1) is 16.6. The Labute approximate surface area is 129 Å². The van der Waals surface area contributed by atoms with Gasteiger partial charge in [-0.1, -0.05) is 23.2 Å². The van der Waals surface area contributed by atoms with Gasteiger partial charge in [0.05, 0.1) is 0 Å². The minimum absolute atomic E-state index is 0. The third-order valence-corrected chi connectivity index (χ3v) is 3.52. The molecule has 0 aromatic heterocycles. The Morgan fingerprint density at radius 1 is 1.32 bits per heavy atom. The summed E-state index contributed by atoms with van der Waals surface area (Å²) in [5.41, 5.74) is 0.513. The van der Waals surface area contributed by atoms with Crippen LogP contribution in [0.1, 0.15) is 30.1 Å². The van der Waals surface area contributed by atoms with Crippen LogP contribution in [-0.4, -0.2) is 24.5 Å². The highest BCUT2D eigenvalue weighted by Gasteiger charge is 2.20. The lowest BCUT2D eigenvalue weighted by molar-refractivity contribution is 0.0925. The summed E-state index contributed by atoms with van der Waals surface area (Å²) in [6.45, 7) is 3.05. The molecule has 0 radical (unpaired) electrons. The maximum Gasteiger partial charge on any atom is 0.251 e. The molecule has 1 aromatic carbocycles. The molecular formula is C13H17Cl3N2O. The van der Waals surface area contributed by atoms with Crippen molar-refractivity contribution < 1.29 is 4.79 Å². The number of rotatable bonds is 2. The zero-order valence-corrected chi connectivity index (χ0v) is 12.9. The number of hydrogen-bond acceptors (Lipinski definition) is 2. The predicted octanol–water partition coefficient (Wildman–Crippen LogP) is 3.29. The molecule has 1 saturated heterocycles. The summed E-state index contributed by atoms with van der Waals surface area (Å²) in [6, 6.07) is 5.53. The zero-order valence-electron chi connectivity index (χ0n) is 10.6. The fourth-order valence-electron chi connectivity index (χ4n) is 2.22. The van der Waals surface area contributed by atoms with Crippen LogP contribution in [0.2, 0.25) is 10.0 Å². The molecule has 1 aliphatic heterocycles. The molecule has 6 heteroatoms. The number of amides is 1. The number of piperidine rings is 1. The predicted molar refractivity (Wildman–Crippen MR) is 81.7 cm³/mol. The van der Waals surface area contributed by atoms with Crippen LogP contribution in [0.5, 0.6) is 0 Å². The van der Waals surface area contributed by atoms with E-state index in [-0.39, 0.29) is 24.4 Å². The van der Waals surface area contributed by atoms with Crippen molar-refractivity contribution in [3.05, 3.63) is 33.8 Å². The summed E-state index contributed by atoms with van der Waals surface area (Å²) in [5, 5.41) is 7.33. The zero-order chi connectivity index (χ0) is 13.1. The molecule has 0 bridgehead atoms. The molecule has 3 nitrogen and oxygen atoms in total. The Morgan fingerprint density at radius 2 is 1.95 bits per heavy atom. The van der Waals surface area contributed by atoms with Gasteiger partial charge in [0, 0.05) is 27.7 Å². The minimum atomic E-state index is -0.112. The Balaban J connectivity index is 0.00000180. The minimum Gasteiger partial charge on any atom is -0.349 e. The summed E-state index contributed by atoms with van der Waals surface area (Å²) in [6.07, 6.45) is 1.89. The van der Waals surface area contributed by atoms with Crippen molar-refractivity contribution in [3.8, 4) is 0 Å². The first-order chi connectivity index (χ1) is 8.54. The van der Waals surface area contributed by atoms with Gasteiger partial charge in [0.25, 0.3) is 5.91 Å². The molecule has 2 rings (SSSR count). The fourth-order valence-corrected chi connectivity index (χ4v) is 2.74. The summed E-state index contributed by atoms with van der Waals surface area (Å²) in [5.74, 6) is -0.112. The van der Waals surface area contributed by atoms with E-state index >= 15 is 0 Å². The van der Waals surface area contributed by atoms with Crippen molar-refractivity contribution in [3.63, 3.8) is 0 Å². The second-order valence-corrected chi connectivity index (χ2v) is 5.58. The molecule has 1 aliphatic rings. The van der Waals surface area contributed by atoms with E-state index in [0.717, 1.165) is 19.4 Å². The molecular weight excluding hydrogens is 307 g/mol. The normalized spacial score (nSPS) is 22.5. The summed E-state index contributed by atoms with van der Waals surface area (Å²) < 4.78 is 0. The van der Waals surface area contributed by atoms with Crippen LogP contribution in [0.3, 0.4) is 0 Å². The number of carbonyl (C=O) groups excluding carboxylic acids is 1. The van der Waals surface area contributed by atoms with Crippen molar-refractivity contribution in [2.75, 3.05) is 6.54 Å². The van der Waals surface area contributed by atoms with Crippen molar-refractivity contribution in [1.82, 2.24) is 10.6 Å². The third-order valence-electron chi connectivity index (χ3n) is 3.08. The largest absolute Gasteiger partial charge is 0.349 e. The van der Waals surface area contributed by atoms with E-state index in [1.165, 1.54) is 0 Å². The lowest BCUT2D eigenvalue weighted by Gasteiger charge is -2.28. The van der Waals surface area contributed by atoms with Gasteiger partial charge in [-0.25, -0.2) is 0 Å². The molecule has 1 fully saturated rings. The summed E-state index contributed by atoms with van der Waals surface area (Å²) >= 11 is 11.8. The molecule has 0 saturated carbocycles. The van der Waals surface area contributed by atoms with E-state index in [9.17, 15) is 4.79 Å². The van der Waals surface area contributed by atoms with Crippen LogP contribution in [0.15, 0.2) is 18.2 Å². The molecule has 1 amide bonds. The summed E-state index contributed by atoms with van der Waals surface area (Å²) in [7, 11) is 0. The van der Waals surface area contributed by atoms with E-state index in [1.807, 2.05) is 0 Å². The Morgan fingerprint density at radius 3 is 2.53 bits per heavy atom. The highest BCUT2D eigenvalue weighted by molar-refractivity contribution is 6.35. The fraction of sp³-hybridized carbons (Fsp3) is 0.462. The van der Waals surface area contributed by atoms with Gasteiger partial charge in [0.2, 0.25) is 0 Å². The van der Waals surface area contributed by atoms with Crippen LogP contribution in [0.4, 0.5) is 0 Å². The number of carbonyl (C=O) groups is 1. The standard InChI is InChI=1S/C13H16Cl2N2O.ClH/c1-8-4-12(2-3-16-8)17-13(18)9-5-10(14)7-11(15)6-9;/h5-8,12,16H,2-4H2,1H3,(H,17,18);1H. The van der Waals surface area contributed by atoms with Crippen LogP contribution in [0.25, 0.3) is 0 Å². The molecule has 2 N–H and O–H groups in total. The van der Waals surface area contributed by atoms with Crippen LogP contribution in [0, 0.1) is 0 Å². The highest BCUT2D eigenvalue weighted by atomic mass is 35.5. The lowest BCUT2D eigenvalue weighted by Crippen LogP contribution is -2.46. The van der Waals surface area contributed by atoms with E-state index in [1.54, 1.807) is 18.2 Å². The van der Waals surface area contributed by atoms with Gasteiger partial charge in [-0.15, -0.1) is 12.4 Å². The number of hydrogen-bond donors (Lipinski definition) is 2. The SMILES string of the molecule is CC1CC(NC(=O)c2cc(Cl)cc(Cl)c2)CCN1.Cl. The molecule has 1 heterocycles. The van der Waals surface area contributed by atoms with E-state index in [0.29, 0.717) is 21.7 Å². The maximum absolute atomic E-state index is 12.1. The quantitative estimate of drug-likeness (QED) is 0.877. The smallest absolute Gasteiger partial charge is 0.251 e.